The largest absolute Gasteiger partial charge is 0.406 e. The minimum Gasteiger partial charge on any atom is -0.304 e. The van der Waals surface area contributed by atoms with E-state index < -0.39 is 25.0 Å². The lowest BCUT2D eigenvalue weighted by Gasteiger charge is -2.27. The summed E-state index contributed by atoms with van der Waals surface area (Å²) in [5, 5.41) is 0. The van der Waals surface area contributed by atoms with Crippen LogP contribution in [0.5, 0.6) is 0 Å². The number of hydrogen-bond acceptors (Lipinski definition) is 4. The van der Waals surface area contributed by atoms with Crippen LogP contribution in [0.3, 0.4) is 0 Å². The van der Waals surface area contributed by atoms with E-state index in [-0.39, 0.29) is 18.8 Å². The third-order valence-electron chi connectivity index (χ3n) is 3.88. The zero-order chi connectivity index (χ0) is 19.9. The molecule has 0 aliphatic heterocycles. The Balaban J connectivity index is 2.58. The lowest BCUT2D eigenvalue weighted by molar-refractivity contribution is 0.0946. The average molecular weight is 395 g/mol. The summed E-state index contributed by atoms with van der Waals surface area (Å²) in [7, 11) is -4.76. The van der Waals surface area contributed by atoms with Crippen LogP contribution in [0.2, 0.25) is 0 Å². The van der Waals surface area contributed by atoms with Crippen molar-refractivity contribution in [3.63, 3.8) is 0 Å². The molecule has 0 N–H and O–H groups in total. The first-order chi connectivity index (χ1) is 12.9. The van der Waals surface area contributed by atoms with Gasteiger partial charge in [0.15, 0.2) is 0 Å². The highest BCUT2D eigenvalue weighted by molar-refractivity contribution is 7.56. The van der Waals surface area contributed by atoms with E-state index in [4.69, 9.17) is 9.05 Å². The fourth-order valence-electron chi connectivity index (χ4n) is 2.59. The normalized spacial score (nSPS) is 14.2. The quantitative estimate of drug-likeness (QED) is 0.381. The third-order valence-corrected chi connectivity index (χ3v) is 5.97. The summed E-state index contributed by atoms with van der Waals surface area (Å²) in [6, 6.07) is 16.5. The fourth-order valence-corrected chi connectivity index (χ4v) is 4.12. The zero-order valence-electron chi connectivity index (χ0n) is 15.6. The van der Waals surface area contributed by atoms with Gasteiger partial charge in [0.2, 0.25) is 0 Å². The topological polar surface area (TPSA) is 47.9 Å². The average Bonchev–Trinajstić information content (AvgIpc) is 2.67. The Morgan fingerprint density at radius 2 is 1.48 bits per heavy atom. The molecule has 0 unspecified atom stereocenters. The van der Waals surface area contributed by atoms with Gasteiger partial charge in [-0.15, -0.1) is 0 Å². The number of alkyl halides is 2. The standard InChI is InChI=1S/C20H24F2NO3P/c1-4-25-27(24,26-5-2)20(21,22)19(18-14-10-7-11-15-18)23-16(3)17-12-8-6-9-13-17/h6-16H,4-5H2,1-3H3/t16-/m0/s1. The molecular weight excluding hydrogens is 371 g/mol. The summed E-state index contributed by atoms with van der Waals surface area (Å²) >= 11 is 0. The van der Waals surface area contributed by atoms with Crippen molar-refractivity contribution >= 4 is 13.3 Å². The number of hydrogen-bond donors (Lipinski definition) is 0. The van der Waals surface area contributed by atoms with Gasteiger partial charge in [0.05, 0.1) is 19.3 Å². The van der Waals surface area contributed by atoms with E-state index in [1.165, 1.54) is 26.0 Å². The highest BCUT2D eigenvalue weighted by Crippen LogP contribution is 2.63. The van der Waals surface area contributed by atoms with E-state index in [1.807, 2.05) is 18.2 Å². The molecule has 2 aromatic carbocycles. The van der Waals surface area contributed by atoms with Crippen LogP contribution >= 0.6 is 7.60 Å². The van der Waals surface area contributed by atoms with E-state index in [9.17, 15) is 4.57 Å². The summed E-state index contributed by atoms with van der Waals surface area (Å²) in [5.74, 6) is 0. The van der Waals surface area contributed by atoms with Gasteiger partial charge >= 0.3 is 13.3 Å². The predicted molar refractivity (Wildman–Crippen MR) is 104 cm³/mol. The summed E-state index contributed by atoms with van der Waals surface area (Å²) in [4.78, 5) is 4.25. The van der Waals surface area contributed by atoms with Gasteiger partial charge < -0.3 is 9.05 Å². The maximum absolute atomic E-state index is 15.4. The van der Waals surface area contributed by atoms with Crippen LogP contribution in [0.1, 0.15) is 37.9 Å². The van der Waals surface area contributed by atoms with Crippen LogP contribution in [0, 0.1) is 0 Å². The number of nitrogens with zero attached hydrogens (tertiary/aromatic N) is 1. The molecule has 2 aromatic rings. The fraction of sp³-hybridized carbons (Fsp3) is 0.350. The Bertz CT molecular complexity index is 787. The van der Waals surface area contributed by atoms with E-state index in [2.05, 4.69) is 4.99 Å². The minimum absolute atomic E-state index is 0.164. The number of benzene rings is 2. The van der Waals surface area contributed by atoms with Gasteiger partial charge in [0.1, 0.15) is 5.71 Å². The second-order valence-electron chi connectivity index (χ2n) is 5.80. The van der Waals surface area contributed by atoms with Crippen molar-refractivity contribution in [3.8, 4) is 0 Å². The molecule has 0 fully saturated rings. The van der Waals surface area contributed by atoms with Crippen molar-refractivity contribution in [1.29, 1.82) is 0 Å². The second-order valence-corrected chi connectivity index (χ2v) is 7.88. The molecule has 146 valence electrons. The number of halogens is 2. The van der Waals surface area contributed by atoms with Gasteiger partial charge in [0, 0.05) is 5.56 Å². The maximum atomic E-state index is 15.4. The summed E-state index contributed by atoms with van der Waals surface area (Å²) < 4.78 is 53.6. The summed E-state index contributed by atoms with van der Waals surface area (Å²) in [6.45, 7) is 4.37. The predicted octanol–water partition coefficient (Wildman–Crippen LogP) is 6.10. The molecule has 0 saturated carbocycles. The van der Waals surface area contributed by atoms with Gasteiger partial charge in [-0.25, -0.2) is 0 Å². The molecule has 0 amide bonds. The third kappa shape index (κ3) is 4.89. The highest BCUT2D eigenvalue weighted by atomic mass is 31.2. The van der Waals surface area contributed by atoms with Gasteiger partial charge in [-0.3, -0.25) is 9.56 Å². The Morgan fingerprint density at radius 3 is 1.96 bits per heavy atom. The molecule has 0 aliphatic carbocycles. The molecule has 0 saturated heterocycles. The Hall–Kier alpha value is -1.88. The molecule has 0 radical (unpaired) electrons. The summed E-state index contributed by atoms with van der Waals surface area (Å²) in [5.41, 5.74) is -3.57. The Kier molecular flexibility index (Phi) is 7.42. The van der Waals surface area contributed by atoms with Crippen molar-refractivity contribution in [2.75, 3.05) is 13.2 Å². The van der Waals surface area contributed by atoms with Gasteiger partial charge in [0.25, 0.3) is 0 Å². The monoisotopic (exact) mass is 395 g/mol. The van der Waals surface area contributed by atoms with E-state index >= 15 is 8.78 Å². The molecule has 1 atom stereocenters. The molecule has 4 nitrogen and oxygen atoms in total. The lowest BCUT2D eigenvalue weighted by Crippen LogP contribution is -2.32. The number of rotatable bonds is 9. The molecule has 0 aliphatic rings. The molecule has 0 spiro atoms. The highest BCUT2D eigenvalue weighted by Gasteiger charge is 2.57. The van der Waals surface area contributed by atoms with Crippen molar-refractivity contribution in [1.82, 2.24) is 0 Å². The molecule has 2 rings (SSSR count). The first-order valence-electron chi connectivity index (χ1n) is 8.81. The molecule has 27 heavy (non-hydrogen) atoms. The Labute approximate surface area is 158 Å². The van der Waals surface area contributed by atoms with Crippen LogP contribution in [-0.4, -0.2) is 24.6 Å². The molecule has 0 heterocycles. The summed E-state index contributed by atoms with van der Waals surface area (Å²) in [6.07, 6.45) is 0. The second kappa shape index (κ2) is 9.36. The first kappa shape index (κ1) is 21.4. The maximum Gasteiger partial charge on any atom is 0.406 e. The van der Waals surface area contributed by atoms with Crippen LogP contribution in [0.15, 0.2) is 65.7 Å². The van der Waals surface area contributed by atoms with Crippen molar-refractivity contribution in [2.45, 2.75) is 32.5 Å². The van der Waals surface area contributed by atoms with Crippen molar-refractivity contribution in [3.05, 3.63) is 71.8 Å². The van der Waals surface area contributed by atoms with Crippen LogP contribution in [-0.2, 0) is 13.6 Å². The smallest absolute Gasteiger partial charge is 0.304 e. The van der Waals surface area contributed by atoms with Gasteiger partial charge in [-0.2, -0.15) is 8.78 Å². The zero-order valence-corrected chi connectivity index (χ0v) is 16.5. The van der Waals surface area contributed by atoms with Crippen LogP contribution < -0.4 is 0 Å². The molecule has 0 aromatic heterocycles. The lowest BCUT2D eigenvalue weighted by atomic mass is 10.1. The molecular formula is C20H24F2NO3P. The van der Waals surface area contributed by atoms with E-state index in [0.29, 0.717) is 0 Å². The first-order valence-corrected chi connectivity index (χ1v) is 10.4. The van der Waals surface area contributed by atoms with Gasteiger partial charge in [-0.1, -0.05) is 60.7 Å². The van der Waals surface area contributed by atoms with Crippen LogP contribution in [0.25, 0.3) is 0 Å². The van der Waals surface area contributed by atoms with Crippen LogP contribution in [0.4, 0.5) is 8.78 Å². The number of aliphatic imine (C=N–C) groups is 1. The van der Waals surface area contributed by atoms with Crippen molar-refractivity contribution < 1.29 is 22.4 Å². The van der Waals surface area contributed by atoms with Gasteiger partial charge in [-0.05, 0) is 26.3 Å². The van der Waals surface area contributed by atoms with E-state index in [1.54, 1.807) is 37.3 Å². The Morgan fingerprint density at radius 1 is 1.00 bits per heavy atom. The van der Waals surface area contributed by atoms with E-state index in [0.717, 1.165) is 5.56 Å². The SMILES string of the molecule is CCOP(=O)(OCC)C(F)(F)C(=N[C@@H](C)c1ccccc1)c1ccccc1. The van der Waals surface area contributed by atoms with Crippen molar-refractivity contribution in [2.24, 2.45) is 4.99 Å². The minimum atomic E-state index is -4.76. The molecule has 0 bridgehead atoms. The molecule has 7 heteroatoms.